The Labute approximate surface area is 97.4 Å². The number of nitriles is 1. The first-order valence-corrected chi connectivity index (χ1v) is 5.94. The second-order valence-corrected chi connectivity index (χ2v) is 4.87. The maximum atomic E-state index is 12.1. The van der Waals surface area contributed by atoms with Crippen molar-refractivity contribution in [3.05, 3.63) is 0 Å². The highest BCUT2D eigenvalue weighted by atomic mass is 16.2. The Morgan fingerprint density at radius 2 is 2.31 bits per heavy atom. The molecule has 1 aliphatic rings. The normalized spacial score (nSPS) is 26.9. The lowest BCUT2D eigenvalue weighted by molar-refractivity contribution is -0.135. The standard InChI is InChI=1S/C12H21N3O/c1-9(7-13)8-15(2)12(16)10-4-3-5-11(14)6-10/h9-11H,3-6,8,14H2,1-2H3. The van der Waals surface area contributed by atoms with Gasteiger partial charge in [-0.15, -0.1) is 0 Å². The van der Waals surface area contributed by atoms with Crippen LogP contribution in [-0.4, -0.2) is 30.4 Å². The van der Waals surface area contributed by atoms with Crippen molar-refractivity contribution in [1.82, 2.24) is 4.90 Å². The molecule has 1 amide bonds. The van der Waals surface area contributed by atoms with Crippen LogP contribution in [0.1, 0.15) is 32.6 Å². The van der Waals surface area contributed by atoms with Crippen LogP contribution < -0.4 is 5.73 Å². The molecule has 0 heterocycles. The average Bonchev–Trinajstić information content (AvgIpc) is 2.27. The fraction of sp³-hybridized carbons (Fsp3) is 0.833. The monoisotopic (exact) mass is 223 g/mol. The van der Waals surface area contributed by atoms with Crippen LogP contribution in [0.5, 0.6) is 0 Å². The third-order valence-corrected chi connectivity index (χ3v) is 3.21. The molecule has 4 nitrogen and oxygen atoms in total. The van der Waals surface area contributed by atoms with Crippen LogP contribution in [0.2, 0.25) is 0 Å². The summed E-state index contributed by atoms with van der Waals surface area (Å²) in [7, 11) is 1.77. The minimum atomic E-state index is -0.105. The molecular formula is C12H21N3O. The van der Waals surface area contributed by atoms with E-state index in [9.17, 15) is 4.79 Å². The molecule has 1 fully saturated rings. The third-order valence-electron chi connectivity index (χ3n) is 3.21. The Morgan fingerprint density at radius 3 is 2.88 bits per heavy atom. The Hall–Kier alpha value is -1.08. The summed E-state index contributed by atoms with van der Waals surface area (Å²) in [6.07, 6.45) is 3.81. The van der Waals surface area contributed by atoms with Gasteiger partial charge in [0.2, 0.25) is 5.91 Å². The van der Waals surface area contributed by atoms with Crippen molar-refractivity contribution >= 4 is 5.91 Å². The van der Waals surface area contributed by atoms with Crippen LogP contribution in [0.3, 0.4) is 0 Å². The van der Waals surface area contributed by atoms with E-state index >= 15 is 0 Å². The SMILES string of the molecule is CC(C#N)CN(C)C(=O)C1CCCC(N)C1. The van der Waals surface area contributed by atoms with Crippen molar-refractivity contribution in [3.63, 3.8) is 0 Å². The topological polar surface area (TPSA) is 70.1 Å². The summed E-state index contributed by atoms with van der Waals surface area (Å²) in [4.78, 5) is 13.7. The molecule has 0 spiro atoms. The number of hydrogen-bond acceptors (Lipinski definition) is 3. The Balaban J connectivity index is 2.47. The van der Waals surface area contributed by atoms with Crippen LogP contribution in [0.15, 0.2) is 0 Å². The number of rotatable bonds is 3. The lowest BCUT2D eigenvalue weighted by atomic mass is 9.85. The van der Waals surface area contributed by atoms with Crippen LogP contribution >= 0.6 is 0 Å². The molecule has 0 radical (unpaired) electrons. The van der Waals surface area contributed by atoms with Gasteiger partial charge in [0.1, 0.15) is 0 Å². The number of carbonyl (C=O) groups is 1. The van der Waals surface area contributed by atoms with Crippen LogP contribution in [0.4, 0.5) is 0 Å². The fourth-order valence-electron chi connectivity index (χ4n) is 2.31. The van der Waals surface area contributed by atoms with Gasteiger partial charge >= 0.3 is 0 Å². The summed E-state index contributed by atoms with van der Waals surface area (Å²) in [5, 5.41) is 8.71. The van der Waals surface area contributed by atoms with Crippen molar-refractivity contribution in [3.8, 4) is 6.07 Å². The molecule has 1 aliphatic carbocycles. The molecule has 0 saturated heterocycles. The molecule has 0 aromatic carbocycles. The zero-order chi connectivity index (χ0) is 12.1. The molecule has 3 atom stereocenters. The predicted molar refractivity (Wildman–Crippen MR) is 62.3 cm³/mol. The molecule has 3 unspecified atom stereocenters. The first kappa shape index (κ1) is 13.0. The van der Waals surface area contributed by atoms with Gasteiger partial charge in [0, 0.05) is 25.6 Å². The highest BCUT2D eigenvalue weighted by Gasteiger charge is 2.27. The summed E-state index contributed by atoms with van der Waals surface area (Å²) in [5.74, 6) is 0.114. The zero-order valence-electron chi connectivity index (χ0n) is 10.1. The fourth-order valence-corrected chi connectivity index (χ4v) is 2.31. The first-order valence-electron chi connectivity index (χ1n) is 5.94. The molecule has 0 aromatic heterocycles. The predicted octanol–water partition coefficient (Wildman–Crippen LogP) is 1.12. The molecule has 90 valence electrons. The van der Waals surface area contributed by atoms with E-state index < -0.39 is 0 Å². The van der Waals surface area contributed by atoms with Gasteiger partial charge in [-0.3, -0.25) is 4.79 Å². The maximum Gasteiger partial charge on any atom is 0.225 e. The molecule has 0 aromatic rings. The van der Waals surface area contributed by atoms with Crippen LogP contribution in [0, 0.1) is 23.2 Å². The van der Waals surface area contributed by atoms with E-state index in [0.717, 1.165) is 25.7 Å². The average molecular weight is 223 g/mol. The summed E-state index contributed by atoms with van der Waals surface area (Å²) >= 11 is 0. The summed E-state index contributed by atoms with van der Waals surface area (Å²) in [5.41, 5.74) is 5.87. The smallest absolute Gasteiger partial charge is 0.225 e. The molecule has 1 rings (SSSR count). The van der Waals surface area contributed by atoms with Crippen molar-refractivity contribution < 1.29 is 4.79 Å². The van der Waals surface area contributed by atoms with E-state index in [2.05, 4.69) is 6.07 Å². The van der Waals surface area contributed by atoms with E-state index in [1.54, 1.807) is 11.9 Å². The molecule has 16 heavy (non-hydrogen) atoms. The first-order chi connectivity index (χ1) is 7.54. The van der Waals surface area contributed by atoms with E-state index in [4.69, 9.17) is 11.0 Å². The minimum Gasteiger partial charge on any atom is -0.344 e. The highest BCUT2D eigenvalue weighted by Crippen LogP contribution is 2.24. The number of nitrogens with two attached hydrogens (primary N) is 1. The van der Waals surface area contributed by atoms with Gasteiger partial charge in [-0.05, 0) is 26.2 Å². The van der Waals surface area contributed by atoms with Gasteiger partial charge in [0.25, 0.3) is 0 Å². The van der Waals surface area contributed by atoms with Gasteiger partial charge < -0.3 is 10.6 Å². The lowest BCUT2D eigenvalue weighted by Crippen LogP contribution is -2.40. The van der Waals surface area contributed by atoms with E-state index in [0.29, 0.717) is 6.54 Å². The number of amides is 1. The highest BCUT2D eigenvalue weighted by molar-refractivity contribution is 5.78. The van der Waals surface area contributed by atoms with E-state index in [-0.39, 0.29) is 23.8 Å². The Morgan fingerprint density at radius 1 is 1.62 bits per heavy atom. The van der Waals surface area contributed by atoms with E-state index in [1.165, 1.54) is 0 Å². The molecule has 0 aliphatic heterocycles. The Kier molecular flexibility index (Phi) is 4.75. The number of nitrogens with zero attached hydrogens (tertiary/aromatic N) is 2. The van der Waals surface area contributed by atoms with Gasteiger partial charge in [0.15, 0.2) is 0 Å². The maximum absolute atomic E-state index is 12.1. The zero-order valence-corrected chi connectivity index (χ0v) is 10.1. The van der Waals surface area contributed by atoms with Crippen LogP contribution in [0.25, 0.3) is 0 Å². The van der Waals surface area contributed by atoms with Gasteiger partial charge in [-0.25, -0.2) is 0 Å². The lowest BCUT2D eigenvalue weighted by Gasteiger charge is -2.29. The summed E-state index contributed by atoms with van der Waals surface area (Å²) in [6, 6.07) is 2.31. The summed E-state index contributed by atoms with van der Waals surface area (Å²) < 4.78 is 0. The van der Waals surface area contributed by atoms with Gasteiger partial charge in [-0.1, -0.05) is 6.42 Å². The molecule has 4 heteroatoms. The molecule has 1 saturated carbocycles. The summed E-state index contributed by atoms with van der Waals surface area (Å²) in [6.45, 7) is 2.34. The second kappa shape index (κ2) is 5.86. The molecular weight excluding hydrogens is 202 g/mol. The van der Waals surface area contributed by atoms with Crippen molar-refractivity contribution in [2.24, 2.45) is 17.6 Å². The number of carbonyl (C=O) groups excluding carboxylic acids is 1. The Bertz CT molecular complexity index is 284. The molecule has 0 bridgehead atoms. The van der Waals surface area contributed by atoms with Gasteiger partial charge in [0.05, 0.1) is 12.0 Å². The third kappa shape index (κ3) is 3.49. The number of hydrogen-bond donors (Lipinski definition) is 1. The van der Waals surface area contributed by atoms with Crippen molar-refractivity contribution in [2.45, 2.75) is 38.6 Å². The van der Waals surface area contributed by atoms with Gasteiger partial charge in [-0.2, -0.15) is 5.26 Å². The largest absolute Gasteiger partial charge is 0.344 e. The van der Waals surface area contributed by atoms with Crippen LogP contribution in [-0.2, 0) is 4.79 Å². The minimum absolute atomic E-state index is 0.0691. The molecule has 2 N–H and O–H groups in total. The van der Waals surface area contributed by atoms with E-state index in [1.807, 2.05) is 6.92 Å². The van der Waals surface area contributed by atoms with Crippen molar-refractivity contribution in [1.29, 1.82) is 5.26 Å². The quantitative estimate of drug-likeness (QED) is 0.779. The van der Waals surface area contributed by atoms with Crippen molar-refractivity contribution in [2.75, 3.05) is 13.6 Å². The second-order valence-electron chi connectivity index (χ2n) is 4.87.